The SMILES string of the molecule is COC(=O)c1nn2c(c1C(=O)OC)CSC2. The van der Waals surface area contributed by atoms with Crippen LogP contribution in [-0.4, -0.2) is 35.9 Å². The third-order valence-corrected chi connectivity index (χ3v) is 3.18. The molecule has 0 radical (unpaired) electrons. The second-order valence-corrected chi connectivity index (χ2v) is 4.09. The molecule has 2 rings (SSSR count). The van der Waals surface area contributed by atoms with Gasteiger partial charge in [-0.3, -0.25) is 4.68 Å². The second kappa shape index (κ2) is 4.17. The summed E-state index contributed by atoms with van der Waals surface area (Å²) in [5.41, 5.74) is 0.973. The molecule has 0 aliphatic carbocycles. The Kier molecular flexibility index (Phi) is 2.86. The molecule has 1 aromatic heterocycles. The maximum atomic E-state index is 11.6. The maximum absolute atomic E-state index is 11.6. The van der Waals surface area contributed by atoms with Crippen LogP contribution in [0.3, 0.4) is 0 Å². The Bertz CT molecular complexity index is 455. The van der Waals surface area contributed by atoms with Crippen molar-refractivity contribution < 1.29 is 19.1 Å². The molecular formula is C9H10N2O4S. The minimum absolute atomic E-state index is 0.0321. The van der Waals surface area contributed by atoms with Crippen molar-refractivity contribution in [2.45, 2.75) is 11.6 Å². The number of nitrogens with zero attached hydrogens (tertiary/aromatic N) is 2. The average Bonchev–Trinajstić information content (AvgIpc) is 2.86. The lowest BCUT2D eigenvalue weighted by Gasteiger charge is -2.00. The first kappa shape index (κ1) is 11.0. The highest BCUT2D eigenvalue weighted by atomic mass is 32.2. The zero-order chi connectivity index (χ0) is 11.7. The lowest BCUT2D eigenvalue weighted by Crippen LogP contribution is -2.11. The van der Waals surface area contributed by atoms with Gasteiger partial charge in [-0.05, 0) is 0 Å². The summed E-state index contributed by atoms with van der Waals surface area (Å²) >= 11 is 1.62. The van der Waals surface area contributed by atoms with Crippen LogP contribution in [-0.2, 0) is 21.1 Å². The standard InChI is InChI=1S/C9H10N2O4S/c1-14-8(12)6-5-3-16-4-11(5)10-7(6)9(13)15-2/h3-4H2,1-2H3. The summed E-state index contributed by atoms with van der Waals surface area (Å²) in [4.78, 5) is 23.0. The molecule has 0 fully saturated rings. The Morgan fingerprint density at radius 3 is 2.62 bits per heavy atom. The van der Waals surface area contributed by atoms with Crippen molar-refractivity contribution in [1.29, 1.82) is 0 Å². The Hall–Kier alpha value is -1.50. The fourth-order valence-corrected chi connectivity index (χ4v) is 2.50. The first-order valence-electron chi connectivity index (χ1n) is 4.53. The number of hydrogen-bond acceptors (Lipinski definition) is 6. The first-order valence-corrected chi connectivity index (χ1v) is 5.68. The van der Waals surface area contributed by atoms with Crippen molar-refractivity contribution in [2.24, 2.45) is 0 Å². The van der Waals surface area contributed by atoms with Crippen molar-refractivity contribution in [3.8, 4) is 0 Å². The van der Waals surface area contributed by atoms with E-state index in [0.29, 0.717) is 11.6 Å². The Labute approximate surface area is 95.9 Å². The van der Waals surface area contributed by atoms with Crippen LogP contribution < -0.4 is 0 Å². The van der Waals surface area contributed by atoms with Gasteiger partial charge in [-0.15, -0.1) is 11.8 Å². The van der Waals surface area contributed by atoms with Gasteiger partial charge in [-0.1, -0.05) is 0 Å². The minimum Gasteiger partial charge on any atom is -0.465 e. The van der Waals surface area contributed by atoms with Crippen LogP contribution in [0.15, 0.2) is 0 Å². The number of methoxy groups -OCH3 is 2. The van der Waals surface area contributed by atoms with Crippen LogP contribution in [0.1, 0.15) is 26.5 Å². The van der Waals surface area contributed by atoms with Crippen LogP contribution >= 0.6 is 11.8 Å². The summed E-state index contributed by atoms with van der Waals surface area (Å²) in [6, 6.07) is 0. The van der Waals surface area contributed by atoms with E-state index in [2.05, 4.69) is 14.6 Å². The van der Waals surface area contributed by atoms with E-state index in [1.165, 1.54) is 14.2 Å². The number of carbonyl (C=O) groups is 2. The number of hydrogen-bond donors (Lipinski definition) is 0. The highest BCUT2D eigenvalue weighted by molar-refractivity contribution is 7.97. The average molecular weight is 242 g/mol. The van der Waals surface area contributed by atoms with E-state index in [1.807, 2.05) is 0 Å². The van der Waals surface area contributed by atoms with E-state index in [0.717, 1.165) is 5.69 Å². The van der Waals surface area contributed by atoms with Crippen LogP contribution in [0.4, 0.5) is 0 Å². The zero-order valence-electron chi connectivity index (χ0n) is 8.85. The predicted octanol–water partition coefficient (Wildman–Crippen LogP) is 0.661. The summed E-state index contributed by atoms with van der Waals surface area (Å²) in [5, 5.41) is 4.05. The molecule has 16 heavy (non-hydrogen) atoms. The Morgan fingerprint density at radius 1 is 1.31 bits per heavy atom. The molecule has 1 aliphatic heterocycles. The number of aromatic nitrogens is 2. The van der Waals surface area contributed by atoms with Gasteiger partial charge >= 0.3 is 11.9 Å². The zero-order valence-corrected chi connectivity index (χ0v) is 9.67. The molecule has 7 heteroatoms. The van der Waals surface area contributed by atoms with E-state index < -0.39 is 11.9 Å². The summed E-state index contributed by atoms with van der Waals surface area (Å²) < 4.78 is 10.9. The van der Waals surface area contributed by atoms with Gasteiger partial charge in [0.2, 0.25) is 0 Å². The second-order valence-electron chi connectivity index (χ2n) is 3.13. The van der Waals surface area contributed by atoms with Crippen LogP contribution in [0, 0.1) is 0 Å². The normalized spacial score (nSPS) is 13.4. The summed E-state index contributed by atoms with van der Waals surface area (Å²) in [6.45, 7) is 0. The van der Waals surface area contributed by atoms with E-state index in [4.69, 9.17) is 0 Å². The Balaban J connectivity index is 2.53. The molecular weight excluding hydrogens is 232 g/mol. The summed E-state index contributed by atoms with van der Waals surface area (Å²) in [7, 11) is 2.53. The van der Waals surface area contributed by atoms with Crippen LogP contribution in [0.25, 0.3) is 0 Å². The number of carbonyl (C=O) groups excluding carboxylic acids is 2. The van der Waals surface area contributed by atoms with Gasteiger partial charge in [0.1, 0.15) is 5.56 Å². The van der Waals surface area contributed by atoms with Crippen molar-refractivity contribution in [2.75, 3.05) is 14.2 Å². The van der Waals surface area contributed by atoms with E-state index in [1.54, 1.807) is 16.4 Å². The number of thioether (sulfide) groups is 1. The minimum atomic E-state index is -0.618. The molecule has 0 saturated heterocycles. The Morgan fingerprint density at radius 2 is 2.00 bits per heavy atom. The van der Waals surface area contributed by atoms with Gasteiger partial charge in [0.25, 0.3) is 0 Å². The molecule has 1 aliphatic rings. The highest BCUT2D eigenvalue weighted by Crippen LogP contribution is 2.29. The largest absolute Gasteiger partial charge is 0.465 e. The van der Waals surface area contributed by atoms with Crippen LogP contribution in [0.5, 0.6) is 0 Å². The molecule has 86 valence electrons. The smallest absolute Gasteiger partial charge is 0.359 e. The predicted molar refractivity (Wildman–Crippen MR) is 56.2 cm³/mol. The van der Waals surface area contributed by atoms with Crippen molar-refractivity contribution in [3.63, 3.8) is 0 Å². The maximum Gasteiger partial charge on any atom is 0.359 e. The van der Waals surface area contributed by atoms with Gasteiger partial charge in [-0.25, -0.2) is 9.59 Å². The molecule has 0 atom stereocenters. The van der Waals surface area contributed by atoms with Gasteiger partial charge in [0.15, 0.2) is 5.69 Å². The van der Waals surface area contributed by atoms with Crippen molar-refractivity contribution in [3.05, 3.63) is 17.0 Å². The molecule has 0 N–H and O–H groups in total. The van der Waals surface area contributed by atoms with E-state index >= 15 is 0 Å². The number of esters is 2. The van der Waals surface area contributed by atoms with Crippen LogP contribution in [0.2, 0.25) is 0 Å². The third kappa shape index (κ3) is 1.57. The molecule has 1 aromatic rings. The molecule has 0 amide bonds. The highest BCUT2D eigenvalue weighted by Gasteiger charge is 2.31. The van der Waals surface area contributed by atoms with Gasteiger partial charge < -0.3 is 9.47 Å². The summed E-state index contributed by atoms with van der Waals surface area (Å²) in [6.07, 6.45) is 0. The fourth-order valence-electron chi connectivity index (χ4n) is 1.54. The molecule has 0 bridgehead atoms. The lowest BCUT2D eigenvalue weighted by molar-refractivity contribution is 0.0551. The number of rotatable bonds is 2. The first-order chi connectivity index (χ1) is 7.69. The van der Waals surface area contributed by atoms with E-state index in [9.17, 15) is 9.59 Å². The third-order valence-electron chi connectivity index (χ3n) is 2.28. The van der Waals surface area contributed by atoms with Gasteiger partial charge in [0.05, 0.1) is 25.8 Å². The van der Waals surface area contributed by atoms with E-state index in [-0.39, 0.29) is 11.3 Å². The molecule has 0 aromatic carbocycles. The number of ether oxygens (including phenoxy) is 2. The van der Waals surface area contributed by atoms with Crippen molar-refractivity contribution >= 4 is 23.7 Å². The lowest BCUT2D eigenvalue weighted by atomic mass is 10.2. The molecule has 0 saturated carbocycles. The quantitative estimate of drug-likeness (QED) is 0.709. The van der Waals surface area contributed by atoms with Gasteiger partial charge in [-0.2, -0.15) is 5.10 Å². The molecule has 0 spiro atoms. The monoisotopic (exact) mass is 242 g/mol. The number of fused-ring (bicyclic) bond motifs is 1. The molecule has 2 heterocycles. The molecule has 6 nitrogen and oxygen atoms in total. The van der Waals surface area contributed by atoms with Gasteiger partial charge in [0, 0.05) is 5.75 Å². The topological polar surface area (TPSA) is 70.4 Å². The molecule has 0 unspecified atom stereocenters. The fraction of sp³-hybridized carbons (Fsp3) is 0.444. The summed E-state index contributed by atoms with van der Waals surface area (Å²) in [5.74, 6) is 0.113. The van der Waals surface area contributed by atoms with Crippen molar-refractivity contribution in [1.82, 2.24) is 9.78 Å².